The van der Waals surface area contributed by atoms with Crippen LogP contribution in [-0.2, 0) is 16.0 Å². The fraction of sp³-hybridized carbons (Fsp3) is 0.217. The zero-order valence-electron chi connectivity index (χ0n) is 15.1. The van der Waals surface area contributed by atoms with Crippen LogP contribution in [0, 0.1) is 0 Å². The predicted molar refractivity (Wildman–Crippen MR) is 106 cm³/mol. The van der Waals surface area contributed by atoms with Crippen LogP contribution in [0.2, 0.25) is 0 Å². The van der Waals surface area contributed by atoms with Crippen LogP contribution >= 0.6 is 0 Å². The highest BCUT2D eigenvalue weighted by Gasteiger charge is 2.07. The molecule has 0 spiro atoms. The second-order valence-corrected chi connectivity index (χ2v) is 6.22. The van der Waals surface area contributed by atoms with Crippen LogP contribution in [0.1, 0.15) is 37.3 Å². The van der Waals surface area contributed by atoms with E-state index < -0.39 is 0 Å². The number of carbonyl (C=O) groups excluding carboxylic acids is 2. The first-order valence-electron chi connectivity index (χ1n) is 8.82. The minimum Gasteiger partial charge on any atom is -0.508 e. The molecule has 0 aromatic heterocycles. The molecule has 0 radical (unpaired) electrons. The summed E-state index contributed by atoms with van der Waals surface area (Å²) in [5.41, 5.74) is 4.10. The first kappa shape index (κ1) is 19.4. The van der Waals surface area contributed by atoms with Gasteiger partial charge in [-0.1, -0.05) is 56.3 Å². The Bertz CT molecular complexity index is 814. The van der Waals surface area contributed by atoms with E-state index in [0.29, 0.717) is 0 Å². The number of phenolic OH excluding ortho intramolecular Hbond substituents is 1. The highest BCUT2D eigenvalue weighted by molar-refractivity contribution is 6.09. The summed E-state index contributed by atoms with van der Waals surface area (Å²) in [4.78, 5) is 23.2. The summed E-state index contributed by atoms with van der Waals surface area (Å²) in [6.07, 6.45) is 7.42. The summed E-state index contributed by atoms with van der Waals surface area (Å²) in [5, 5.41) is 9.53. The first-order chi connectivity index (χ1) is 12.5. The second-order valence-electron chi connectivity index (χ2n) is 6.22. The van der Waals surface area contributed by atoms with Crippen molar-refractivity contribution in [3.8, 4) is 16.9 Å². The van der Waals surface area contributed by atoms with E-state index in [1.807, 2.05) is 18.2 Å². The van der Waals surface area contributed by atoms with Crippen LogP contribution in [-0.4, -0.2) is 16.7 Å². The molecule has 0 amide bonds. The number of aryl methyl sites for hydroxylation is 1. The lowest BCUT2D eigenvalue weighted by Gasteiger charge is -2.10. The van der Waals surface area contributed by atoms with Crippen LogP contribution in [0.5, 0.6) is 5.75 Å². The van der Waals surface area contributed by atoms with E-state index in [1.165, 1.54) is 11.6 Å². The molecule has 3 heteroatoms. The van der Waals surface area contributed by atoms with Crippen molar-refractivity contribution in [2.45, 2.75) is 32.6 Å². The Morgan fingerprint density at radius 1 is 1.08 bits per heavy atom. The molecule has 0 saturated heterocycles. The lowest BCUT2D eigenvalue weighted by atomic mass is 9.95. The Hall–Kier alpha value is -2.94. The molecule has 0 aliphatic carbocycles. The maximum Gasteiger partial charge on any atom is 0.163 e. The Kier molecular flexibility index (Phi) is 7.10. The molecule has 1 N–H and O–H groups in total. The van der Waals surface area contributed by atoms with Crippen molar-refractivity contribution < 1.29 is 14.7 Å². The number of unbranched alkanes of at least 4 members (excludes halogenated alkanes) is 1. The number of benzene rings is 2. The third-order valence-corrected chi connectivity index (χ3v) is 4.14. The van der Waals surface area contributed by atoms with Gasteiger partial charge in [0.05, 0.1) is 6.42 Å². The van der Waals surface area contributed by atoms with Gasteiger partial charge in [0.1, 0.15) is 5.75 Å². The average Bonchev–Trinajstić information content (AvgIpc) is 2.65. The van der Waals surface area contributed by atoms with Gasteiger partial charge in [0.15, 0.2) is 11.6 Å². The van der Waals surface area contributed by atoms with Gasteiger partial charge in [0, 0.05) is 0 Å². The maximum atomic E-state index is 11.9. The number of aromatic hydroxyl groups is 1. The van der Waals surface area contributed by atoms with Crippen molar-refractivity contribution >= 4 is 17.6 Å². The standard InChI is InChI=1S/C23H24O3/c1-3-5-6-17-7-8-18(11-14-22(26)16-20(24)4-2)23(15-17)19-9-12-21(25)13-10-19/h4,7-15,25H,2-3,5-6,16H2,1H3/b14-11+. The Morgan fingerprint density at radius 2 is 1.81 bits per heavy atom. The van der Waals surface area contributed by atoms with Crippen LogP contribution < -0.4 is 0 Å². The first-order valence-corrected chi connectivity index (χ1v) is 8.82. The topological polar surface area (TPSA) is 54.4 Å². The summed E-state index contributed by atoms with van der Waals surface area (Å²) >= 11 is 0. The van der Waals surface area contributed by atoms with Crippen molar-refractivity contribution in [1.82, 2.24) is 0 Å². The highest BCUT2D eigenvalue weighted by atomic mass is 16.3. The lowest BCUT2D eigenvalue weighted by molar-refractivity contribution is -0.121. The number of rotatable bonds is 9. The number of phenols is 1. The Labute approximate surface area is 154 Å². The van der Waals surface area contributed by atoms with Crippen molar-refractivity contribution in [2.75, 3.05) is 0 Å². The van der Waals surface area contributed by atoms with Gasteiger partial charge in [-0.2, -0.15) is 0 Å². The third-order valence-electron chi connectivity index (χ3n) is 4.14. The largest absolute Gasteiger partial charge is 0.508 e. The van der Waals surface area contributed by atoms with Crippen molar-refractivity contribution in [2.24, 2.45) is 0 Å². The molecule has 134 valence electrons. The fourth-order valence-corrected chi connectivity index (χ4v) is 2.66. The van der Waals surface area contributed by atoms with Gasteiger partial charge in [-0.3, -0.25) is 9.59 Å². The number of ketones is 2. The molecular formula is C23H24O3. The molecule has 0 saturated carbocycles. The van der Waals surface area contributed by atoms with Crippen molar-refractivity contribution in [3.05, 3.63) is 72.3 Å². The van der Waals surface area contributed by atoms with E-state index in [9.17, 15) is 14.7 Å². The van der Waals surface area contributed by atoms with Gasteiger partial charge in [-0.05, 0) is 59.4 Å². The van der Waals surface area contributed by atoms with Crippen LogP contribution in [0.4, 0.5) is 0 Å². The van der Waals surface area contributed by atoms with Gasteiger partial charge >= 0.3 is 0 Å². The molecule has 2 aromatic carbocycles. The van der Waals surface area contributed by atoms with E-state index in [4.69, 9.17) is 0 Å². The Morgan fingerprint density at radius 3 is 2.46 bits per heavy atom. The number of carbonyl (C=O) groups is 2. The van der Waals surface area contributed by atoms with Gasteiger partial charge in [-0.15, -0.1) is 0 Å². The molecule has 0 aliphatic heterocycles. The van der Waals surface area contributed by atoms with E-state index in [2.05, 4.69) is 25.6 Å². The monoisotopic (exact) mass is 348 g/mol. The molecule has 0 fully saturated rings. The molecule has 2 aromatic rings. The minimum absolute atomic E-state index is 0.164. The zero-order chi connectivity index (χ0) is 18.9. The number of allylic oxidation sites excluding steroid dienone is 2. The molecule has 26 heavy (non-hydrogen) atoms. The predicted octanol–water partition coefficient (Wildman–Crippen LogP) is 5.13. The van der Waals surface area contributed by atoms with Crippen LogP contribution in [0.25, 0.3) is 17.2 Å². The minimum atomic E-state index is -0.284. The van der Waals surface area contributed by atoms with Gasteiger partial charge in [0.2, 0.25) is 0 Å². The molecule has 0 unspecified atom stereocenters. The van der Waals surface area contributed by atoms with E-state index in [1.54, 1.807) is 18.2 Å². The SMILES string of the molecule is C=CC(=O)CC(=O)/C=C/c1ccc(CCCC)cc1-c1ccc(O)cc1. The number of hydrogen-bond donors (Lipinski definition) is 1. The summed E-state index contributed by atoms with van der Waals surface area (Å²) in [7, 11) is 0. The normalized spacial score (nSPS) is 10.8. The summed E-state index contributed by atoms with van der Waals surface area (Å²) in [6.45, 7) is 5.54. The van der Waals surface area contributed by atoms with Gasteiger partial charge < -0.3 is 5.11 Å². The molecular weight excluding hydrogens is 324 g/mol. The van der Waals surface area contributed by atoms with E-state index in [0.717, 1.165) is 42.0 Å². The van der Waals surface area contributed by atoms with Crippen molar-refractivity contribution in [3.63, 3.8) is 0 Å². The van der Waals surface area contributed by atoms with Gasteiger partial charge in [0.25, 0.3) is 0 Å². The maximum absolute atomic E-state index is 11.9. The molecule has 0 heterocycles. The Balaban J connectivity index is 2.34. The number of hydrogen-bond acceptors (Lipinski definition) is 3. The second kappa shape index (κ2) is 9.52. The molecule has 2 rings (SSSR count). The smallest absolute Gasteiger partial charge is 0.163 e. The lowest BCUT2D eigenvalue weighted by Crippen LogP contribution is -2.01. The molecule has 0 bridgehead atoms. The van der Waals surface area contributed by atoms with Crippen LogP contribution in [0.15, 0.2) is 61.2 Å². The van der Waals surface area contributed by atoms with E-state index >= 15 is 0 Å². The zero-order valence-corrected chi connectivity index (χ0v) is 15.1. The van der Waals surface area contributed by atoms with Crippen molar-refractivity contribution in [1.29, 1.82) is 0 Å². The molecule has 0 aliphatic rings. The third kappa shape index (κ3) is 5.55. The summed E-state index contributed by atoms with van der Waals surface area (Å²) < 4.78 is 0. The summed E-state index contributed by atoms with van der Waals surface area (Å²) in [5.74, 6) is -0.318. The molecule has 0 atom stereocenters. The van der Waals surface area contributed by atoms with E-state index in [-0.39, 0.29) is 23.7 Å². The van der Waals surface area contributed by atoms with Gasteiger partial charge in [-0.25, -0.2) is 0 Å². The average molecular weight is 348 g/mol. The van der Waals surface area contributed by atoms with Crippen LogP contribution in [0.3, 0.4) is 0 Å². The fourth-order valence-electron chi connectivity index (χ4n) is 2.66. The quantitative estimate of drug-likeness (QED) is 0.505. The highest BCUT2D eigenvalue weighted by Crippen LogP contribution is 2.28. The molecule has 3 nitrogen and oxygen atoms in total. The summed E-state index contributed by atoms with van der Waals surface area (Å²) in [6, 6.07) is 13.2.